The first-order valence-electron chi connectivity index (χ1n) is 4.54. The van der Waals surface area contributed by atoms with E-state index in [1.807, 2.05) is 38.1 Å². The third-order valence-corrected chi connectivity index (χ3v) is 2.35. The second-order valence-electron chi connectivity index (χ2n) is 4.12. The third-order valence-electron chi connectivity index (χ3n) is 2.35. The van der Waals surface area contributed by atoms with E-state index in [0.717, 1.165) is 11.3 Å². The molecule has 0 aromatic heterocycles. The smallest absolute Gasteiger partial charge is 0.125 e. The molecule has 0 unspecified atom stereocenters. The molecular weight excluding hydrogens is 164 g/mol. The number of benzene rings is 1. The van der Waals surface area contributed by atoms with Crippen molar-refractivity contribution in [3.05, 3.63) is 29.8 Å². The summed E-state index contributed by atoms with van der Waals surface area (Å²) < 4.78 is 5.73. The molecule has 0 saturated heterocycles. The summed E-state index contributed by atoms with van der Waals surface area (Å²) in [7, 11) is 0. The van der Waals surface area contributed by atoms with Crippen molar-refractivity contribution in [1.29, 1.82) is 0 Å². The monoisotopic (exact) mass is 178 g/mol. The largest absolute Gasteiger partial charge is 0.487 e. The van der Waals surface area contributed by atoms with Crippen molar-refractivity contribution in [1.82, 2.24) is 0 Å². The molecule has 1 aliphatic rings. The standard InChI is InChI=1S/C11H14O2/c1-11(2)7-9(12)8-5-3-4-6-10(8)13-11/h3-6,9,12H,7H2,1-2H3/t9-/m0/s1. The summed E-state index contributed by atoms with van der Waals surface area (Å²) in [5.41, 5.74) is 0.648. The van der Waals surface area contributed by atoms with Crippen molar-refractivity contribution in [3.8, 4) is 5.75 Å². The first-order valence-corrected chi connectivity index (χ1v) is 4.54. The molecule has 0 aliphatic carbocycles. The Morgan fingerprint density at radius 1 is 1.38 bits per heavy atom. The van der Waals surface area contributed by atoms with Gasteiger partial charge in [-0.3, -0.25) is 0 Å². The van der Waals surface area contributed by atoms with E-state index in [-0.39, 0.29) is 11.7 Å². The fourth-order valence-electron chi connectivity index (χ4n) is 1.76. The van der Waals surface area contributed by atoms with Gasteiger partial charge in [0.25, 0.3) is 0 Å². The second-order valence-corrected chi connectivity index (χ2v) is 4.12. The van der Waals surface area contributed by atoms with Crippen LogP contribution in [0.1, 0.15) is 31.9 Å². The van der Waals surface area contributed by atoms with Gasteiger partial charge in [-0.1, -0.05) is 18.2 Å². The SMILES string of the molecule is CC1(C)C[C@H](O)c2ccccc2O1. The number of hydrogen-bond donors (Lipinski definition) is 1. The lowest BCUT2D eigenvalue weighted by Gasteiger charge is -2.35. The summed E-state index contributed by atoms with van der Waals surface area (Å²) in [5.74, 6) is 0.811. The summed E-state index contributed by atoms with van der Waals surface area (Å²) in [6.07, 6.45) is 0.268. The topological polar surface area (TPSA) is 29.5 Å². The lowest BCUT2D eigenvalue weighted by molar-refractivity contribution is 0.0115. The van der Waals surface area contributed by atoms with Crippen LogP contribution in [0.25, 0.3) is 0 Å². The molecule has 2 nitrogen and oxygen atoms in total. The van der Waals surface area contributed by atoms with Gasteiger partial charge in [0.1, 0.15) is 11.4 Å². The molecule has 70 valence electrons. The van der Waals surface area contributed by atoms with Gasteiger partial charge >= 0.3 is 0 Å². The van der Waals surface area contributed by atoms with E-state index in [9.17, 15) is 5.11 Å². The van der Waals surface area contributed by atoms with Gasteiger partial charge in [0, 0.05) is 12.0 Å². The third kappa shape index (κ3) is 1.54. The Labute approximate surface area is 78.2 Å². The molecule has 13 heavy (non-hydrogen) atoms. The van der Waals surface area contributed by atoms with E-state index in [1.165, 1.54) is 0 Å². The lowest BCUT2D eigenvalue weighted by atomic mass is 9.92. The minimum absolute atomic E-state index is 0.256. The molecule has 0 fully saturated rings. The molecule has 1 heterocycles. The first-order chi connectivity index (χ1) is 6.08. The minimum Gasteiger partial charge on any atom is -0.487 e. The molecule has 1 atom stereocenters. The average molecular weight is 178 g/mol. The van der Waals surface area contributed by atoms with E-state index in [2.05, 4.69) is 0 Å². The molecule has 0 saturated carbocycles. The second kappa shape index (κ2) is 2.74. The number of aliphatic hydroxyl groups is 1. The first kappa shape index (κ1) is 8.57. The number of fused-ring (bicyclic) bond motifs is 1. The molecule has 1 aromatic carbocycles. The van der Waals surface area contributed by atoms with Crippen molar-refractivity contribution < 1.29 is 9.84 Å². The van der Waals surface area contributed by atoms with Crippen LogP contribution in [-0.4, -0.2) is 10.7 Å². The molecule has 2 heteroatoms. The van der Waals surface area contributed by atoms with Crippen molar-refractivity contribution in [2.45, 2.75) is 32.0 Å². The van der Waals surface area contributed by atoms with Crippen LogP contribution in [0.5, 0.6) is 5.75 Å². The Morgan fingerprint density at radius 3 is 2.85 bits per heavy atom. The number of ether oxygens (including phenoxy) is 1. The summed E-state index contributed by atoms with van der Waals surface area (Å²) in [5, 5.41) is 9.82. The van der Waals surface area contributed by atoms with Gasteiger partial charge < -0.3 is 9.84 Å². The Kier molecular flexibility index (Phi) is 1.81. The normalized spacial score (nSPS) is 24.7. The number of rotatable bonds is 0. The molecule has 0 spiro atoms. The fraction of sp³-hybridized carbons (Fsp3) is 0.455. The quantitative estimate of drug-likeness (QED) is 0.660. The van der Waals surface area contributed by atoms with Gasteiger partial charge in [-0.25, -0.2) is 0 Å². The number of para-hydroxylation sites is 1. The van der Waals surface area contributed by atoms with Crippen molar-refractivity contribution in [2.24, 2.45) is 0 Å². The Balaban J connectivity index is 2.43. The van der Waals surface area contributed by atoms with Crippen LogP contribution in [0.2, 0.25) is 0 Å². The summed E-state index contributed by atoms with van der Waals surface area (Å²) in [6, 6.07) is 7.66. The molecule has 2 rings (SSSR count). The van der Waals surface area contributed by atoms with Crippen molar-refractivity contribution in [3.63, 3.8) is 0 Å². The summed E-state index contributed by atoms with van der Waals surface area (Å²) in [4.78, 5) is 0. The molecule has 0 amide bonds. The Bertz CT molecular complexity index is 318. The molecule has 1 aliphatic heterocycles. The molecule has 0 bridgehead atoms. The average Bonchev–Trinajstić information content (AvgIpc) is 2.02. The zero-order valence-corrected chi connectivity index (χ0v) is 7.95. The van der Waals surface area contributed by atoms with Crippen LogP contribution >= 0.6 is 0 Å². The molecule has 0 radical (unpaired) electrons. The lowest BCUT2D eigenvalue weighted by Crippen LogP contribution is -2.34. The molecule has 1 aromatic rings. The zero-order valence-electron chi connectivity index (χ0n) is 7.95. The molecular formula is C11H14O2. The van der Waals surface area contributed by atoms with Crippen molar-refractivity contribution in [2.75, 3.05) is 0 Å². The summed E-state index contributed by atoms with van der Waals surface area (Å²) in [6.45, 7) is 3.98. The van der Waals surface area contributed by atoms with E-state index in [4.69, 9.17) is 4.74 Å². The van der Waals surface area contributed by atoms with E-state index >= 15 is 0 Å². The highest BCUT2D eigenvalue weighted by atomic mass is 16.5. The maximum absolute atomic E-state index is 9.82. The molecule has 1 N–H and O–H groups in total. The minimum atomic E-state index is -0.389. The van der Waals surface area contributed by atoms with Gasteiger partial charge in [-0.15, -0.1) is 0 Å². The van der Waals surface area contributed by atoms with Gasteiger partial charge in [-0.05, 0) is 19.9 Å². The van der Waals surface area contributed by atoms with Crippen molar-refractivity contribution >= 4 is 0 Å². The van der Waals surface area contributed by atoms with Crippen LogP contribution in [0.4, 0.5) is 0 Å². The van der Waals surface area contributed by atoms with Gasteiger partial charge in [0.05, 0.1) is 6.10 Å². The van der Waals surface area contributed by atoms with Gasteiger partial charge in [0.2, 0.25) is 0 Å². The number of hydrogen-bond acceptors (Lipinski definition) is 2. The van der Waals surface area contributed by atoms with Crippen LogP contribution < -0.4 is 4.74 Å². The van der Waals surface area contributed by atoms with E-state index in [0.29, 0.717) is 6.42 Å². The van der Waals surface area contributed by atoms with Crippen LogP contribution in [0.15, 0.2) is 24.3 Å². The Morgan fingerprint density at radius 2 is 2.08 bits per heavy atom. The summed E-state index contributed by atoms with van der Waals surface area (Å²) >= 11 is 0. The van der Waals surface area contributed by atoms with E-state index in [1.54, 1.807) is 0 Å². The van der Waals surface area contributed by atoms with Crippen LogP contribution in [-0.2, 0) is 0 Å². The highest BCUT2D eigenvalue weighted by Gasteiger charge is 2.31. The Hall–Kier alpha value is -1.02. The van der Waals surface area contributed by atoms with Crippen LogP contribution in [0, 0.1) is 0 Å². The number of aliphatic hydroxyl groups excluding tert-OH is 1. The van der Waals surface area contributed by atoms with Gasteiger partial charge in [0.15, 0.2) is 0 Å². The van der Waals surface area contributed by atoms with Gasteiger partial charge in [-0.2, -0.15) is 0 Å². The highest BCUT2D eigenvalue weighted by molar-refractivity contribution is 5.37. The maximum Gasteiger partial charge on any atom is 0.125 e. The maximum atomic E-state index is 9.82. The predicted octanol–water partition coefficient (Wildman–Crippen LogP) is 2.28. The zero-order chi connectivity index (χ0) is 9.47. The highest BCUT2D eigenvalue weighted by Crippen LogP contribution is 2.38. The van der Waals surface area contributed by atoms with Crippen LogP contribution in [0.3, 0.4) is 0 Å². The fourth-order valence-corrected chi connectivity index (χ4v) is 1.76. The predicted molar refractivity (Wildman–Crippen MR) is 50.7 cm³/mol. The van der Waals surface area contributed by atoms with E-state index < -0.39 is 0 Å².